The predicted molar refractivity (Wildman–Crippen MR) is 95.8 cm³/mol. The van der Waals surface area contributed by atoms with Gasteiger partial charge in [0.2, 0.25) is 0 Å². The van der Waals surface area contributed by atoms with Gasteiger partial charge in [-0.05, 0) is 12.1 Å². The van der Waals surface area contributed by atoms with Crippen LogP contribution in [0.1, 0.15) is 16.1 Å². The van der Waals surface area contributed by atoms with E-state index in [-0.39, 0.29) is 17.1 Å². The molecule has 0 saturated carbocycles. The summed E-state index contributed by atoms with van der Waals surface area (Å²) in [4.78, 5) is 29.3. The van der Waals surface area contributed by atoms with Crippen LogP contribution in [0.4, 0.5) is 16.5 Å². The summed E-state index contributed by atoms with van der Waals surface area (Å²) in [5.74, 6) is -0.196. The molecular formula is C15H15ClN4O4S. The van der Waals surface area contributed by atoms with Crippen LogP contribution in [0.15, 0.2) is 23.6 Å². The van der Waals surface area contributed by atoms with Crippen molar-refractivity contribution < 1.29 is 14.5 Å². The minimum atomic E-state index is -0.476. The van der Waals surface area contributed by atoms with Gasteiger partial charge in [-0.25, -0.2) is 4.98 Å². The number of carbonyl (C=O) groups excluding carboxylic acids is 1. The van der Waals surface area contributed by atoms with E-state index in [1.54, 1.807) is 17.5 Å². The van der Waals surface area contributed by atoms with Gasteiger partial charge in [0.15, 0.2) is 5.13 Å². The Bertz CT molecular complexity index is 792. The largest absolute Gasteiger partial charge is 0.378 e. The fraction of sp³-hybridized carbons (Fsp3) is 0.333. The van der Waals surface area contributed by atoms with Gasteiger partial charge in [0, 0.05) is 30.1 Å². The summed E-state index contributed by atoms with van der Waals surface area (Å²) in [5.41, 5.74) is 1.25. The van der Waals surface area contributed by atoms with Crippen molar-refractivity contribution >= 4 is 45.4 Å². The lowest BCUT2D eigenvalue weighted by Gasteiger charge is -2.28. The molecule has 1 aromatic heterocycles. The zero-order valence-corrected chi connectivity index (χ0v) is 14.7. The van der Waals surface area contributed by atoms with Crippen molar-refractivity contribution in [1.29, 1.82) is 0 Å². The van der Waals surface area contributed by atoms with Crippen LogP contribution < -0.4 is 10.2 Å². The Morgan fingerprint density at radius 1 is 1.44 bits per heavy atom. The van der Waals surface area contributed by atoms with Gasteiger partial charge in [0.05, 0.1) is 29.7 Å². The molecule has 8 nitrogen and oxygen atoms in total. The second-order valence-electron chi connectivity index (χ2n) is 5.29. The van der Waals surface area contributed by atoms with Crippen LogP contribution in [-0.4, -0.2) is 42.1 Å². The van der Waals surface area contributed by atoms with Gasteiger partial charge in [0.25, 0.3) is 11.6 Å². The molecule has 25 heavy (non-hydrogen) atoms. The average molecular weight is 383 g/mol. The van der Waals surface area contributed by atoms with E-state index in [1.165, 1.54) is 17.4 Å². The van der Waals surface area contributed by atoms with Crippen molar-refractivity contribution in [2.24, 2.45) is 0 Å². The van der Waals surface area contributed by atoms with Crippen LogP contribution in [0.5, 0.6) is 0 Å². The summed E-state index contributed by atoms with van der Waals surface area (Å²) in [5, 5.41) is 16.2. The van der Waals surface area contributed by atoms with E-state index in [0.717, 1.165) is 0 Å². The van der Waals surface area contributed by atoms with E-state index in [0.29, 0.717) is 42.8 Å². The van der Waals surface area contributed by atoms with E-state index in [1.807, 2.05) is 4.90 Å². The minimum Gasteiger partial charge on any atom is -0.378 e. The van der Waals surface area contributed by atoms with E-state index in [4.69, 9.17) is 16.3 Å². The molecule has 132 valence electrons. The van der Waals surface area contributed by atoms with Gasteiger partial charge in [-0.3, -0.25) is 20.2 Å². The molecule has 0 bridgehead atoms. The Labute approximate surface area is 152 Å². The molecule has 1 fully saturated rings. The zero-order valence-electron chi connectivity index (χ0n) is 13.1. The highest BCUT2D eigenvalue weighted by molar-refractivity contribution is 7.14. The fourth-order valence-corrected chi connectivity index (χ4v) is 3.41. The molecule has 0 aliphatic carbocycles. The number of rotatable bonds is 5. The van der Waals surface area contributed by atoms with Crippen molar-refractivity contribution in [2.75, 3.05) is 36.5 Å². The number of benzene rings is 1. The number of nitrogens with one attached hydrogen (secondary N) is 1. The molecule has 1 aliphatic rings. The van der Waals surface area contributed by atoms with Gasteiger partial charge >= 0.3 is 0 Å². The maximum absolute atomic E-state index is 12.3. The van der Waals surface area contributed by atoms with Crippen LogP contribution in [0, 0.1) is 10.1 Å². The smallest absolute Gasteiger partial charge is 0.293 e. The molecule has 2 heterocycles. The Morgan fingerprint density at radius 2 is 2.20 bits per heavy atom. The molecule has 1 aromatic carbocycles. The molecule has 0 unspecified atom stereocenters. The first-order chi connectivity index (χ1) is 12.1. The maximum atomic E-state index is 12.3. The molecule has 1 aliphatic heterocycles. The second kappa shape index (κ2) is 7.77. The summed E-state index contributed by atoms with van der Waals surface area (Å²) >= 11 is 6.93. The molecule has 0 spiro atoms. The zero-order chi connectivity index (χ0) is 17.8. The third-order valence-corrected chi connectivity index (χ3v) is 4.78. The Balaban J connectivity index is 1.82. The van der Waals surface area contributed by atoms with Crippen molar-refractivity contribution in [3.05, 3.63) is 45.0 Å². The highest BCUT2D eigenvalue weighted by Gasteiger charge is 2.23. The number of hydrogen-bond donors (Lipinski definition) is 1. The van der Waals surface area contributed by atoms with Gasteiger partial charge in [0.1, 0.15) is 5.69 Å². The number of anilines is 2. The number of carbonyl (C=O) groups is 1. The van der Waals surface area contributed by atoms with Gasteiger partial charge in [-0.1, -0.05) is 0 Å². The highest BCUT2D eigenvalue weighted by Crippen LogP contribution is 2.30. The summed E-state index contributed by atoms with van der Waals surface area (Å²) in [7, 11) is 0. The predicted octanol–water partition coefficient (Wildman–Crippen LogP) is 2.88. The topological polar surface area (TPSA) is 97.6 Å². The van der Waals surface area contributed by atoms with Crippen molar-refractivity contribution in [2.45, 2.75) is 5.88 Å². The van der Waals surface area contributed by atoms with Gasteiger partial charge in [-0.2, -0.15) is 0 Å². The Morgan fingerprint density at radius 3 is 2.84 bits per heavy atom. The number of nitro benzene ring substituents is 1. The number of nitrogens with zero attached hydrogens (tertiary/aromatic N) is 3. The first-order valence-electron chi connectivity index (χ1n) is 7.51. The van der Waals surface area contributed by atoms with Crippen LogP contribution in [0.3, 0.4) is 0 Å². The summed E-state index contributed by atoms with van der Waals surface area (Å²) in [6.07, 6.45) is 0. The van der Waals surface area contributed by atoms with Crippen LogP contribution in [0.25, 0.3) is 0 Å². The van der Waals surface area contributed by atoms with Gasteiger partial charge in [-0.15, -0.1) is 22.9 Å². The van der Waals surface area contributed by atoms with Crippen LogP contribution in [-0.2, 0) is 10.6 Å². The summed E-state index contributed by atoms with van der Waals surface area (Å²) < 4.78 is 5.27. The molecular weight excluding hydrogens is 368 g/mol. The number of halogens is 1. The number of amides is 1. The molecule has 3 rings (SSSR count). The van der Waals surface area contributed by atoms with E-state index < -0.39 is 10.8 Å². The van der Waals surface area contributed by atoms with Crippen LogP contribution in [0.2, 0.25) is 0 Å². The molecule has 2 aromatic rings. The quantitative estimate of drug-likeness (QED) is 0.485. The van der Waals surface area contributed by atoms with E-state index in [9.17, 15) is 14.9 Å². The minimum absolute atomic E-state index is 0.102. The Kier molecular flexibility index (Phi) is 5.47. The van der Waals surface area contributed by atoms with E-state index >= 15 is 0 Å². The number of alkyl halides is 1. The molecule has 1 amide bonds. The average Bonchev–Trinajstić information content (AvgIpc) is 3.09. The first-order valence-corrected chi connectivity index (χ1v) is 8.93. The number of hydrogen-bond acceptors (Lipinski definition) is 7. The monoisotopic (exact) mass is 382 g/mol. The molecule has 1 N–H and O–H groups in total. The lowest BCUT2D eigenvalue weighted by atomic mass is 10.1. The summed E-state index contributed by atoms with van der Waals surface area (Å²) in [6.45, 7) is 2.19. The normalized spacial score (nSPS) is 14.4. The number of ether oxygens (including phenoxy) is 1. The molecule has 10 heteroatoms. The summed E-state index contributed by atoms with van der Waals surface area (Å²) in [6, 6.07) is 4.46. The Hall–Kier alpha value is -2.23. The SMILES string of the molecule is O=C(Nc1nc(CCl)cs1)c1ccc(N2CCOCC2)c([N+](=O)[O-])c1. The third-order valence-electron chi connectivity index (χ3n) is 3.70. The lowest BCUT2D eigenvalue weighted by molar-refractivity contribution is -0.384. The second-order valence-corrected chi connectivity index (χ2v) is 6.42. The number of aromatic nitrogens is 1. The standard InChI is InChI=1S/C15H15ClN4O4S/c16-8-11-9-25-15(17-11)18-14(21)10-1-2-12(13(7-10)20(22)23)19-3-5-24-6-4-19/h1-2,7,9H,3-6,8H2,(H,17,18,21). The maximum Gasteiger partial charge on any atom is 0.293 e. The molecule has 0 radical (unpaired) electrons. The number of nitro groups is 1. The number of thiazole rings is 1. The van der Waals surface area contributed by atoms with Crippen LogP contribution >= 0.6 is 22.9 Å². The van der Waals surface area contributed by atoms with Crippen molar-refractivity contribution in [3.8, 4) is 0 Å². The molecule has 0 atom stereocenters. The first kappa shape index (κ1) is 17.6. The highest BCUT2D eigenvalue weighted by atomic mass is 35.5. The molecule has 1 saturated heterocycles. The van der Waals surface area contributed by atoms with Crippen molar-refractivity contribution in [3.63, 3.8) is 0 Å². The lowest BCUT2D eigenvalue weighted by Crippen LogP contribution is -2.36. The van der Waals surface area contributed by atoms with Crippen molar-refractivity contribution in [1.82, 2.24) is 4.98 Å². The third kappa shape index (κ3) is 4.06. The van der Waals surface area contributed by atoms with Gasteiger partial charge < -0.3 is 9.64 Å². The fourth-order valence-electron chi connectivity index (χ4n) is 2.48. The number of morpholine rings is 1. The van der Waals surface area contributed by atoms with E-state index in [2.05, 4.69) is 10.3 Å².